The number of fused-ring (bicyclic) bond motifs is 3. The van der Waals surface area contributed by atoms with Crippen molar-refractivity contribution in [1.82, 2.24) is 19.8 Å². The van der Waals surface area contributed by atoms with Gasteiger partial charge in [-0.25, -0.2) is 8.78 Å². The molecule has 1 amide bonds. The standard InChI is InChI=1S/C26H31ClF2N6O2/c1-25(2)13-35(10-21(28)29)22(33-25)11-34-14-26(3,4)37-12-20(34)24(36)32-18-8-15(27)7-17-16-5-6-30-9-19(16)31-23(17)18/h5-9,20-21,31H,10-14H2,1-4H3,(H,32,36)/t20-/m0/s1. The average molecular weight is 533 g/mol. The van der Waals surface area contributed by atoms with Gasteiger partial charge >= 0.3 is 0 Å². The number of H-pyrrole nitrogens is 1. The highest BCUT2D eigenvalue weighted by Crippen LogP contribution is 2.34. The summed E-state index contributed by atoms with van der Waals surface area (Å²) in [5.74, 6) is 0.295. The Bertz CT molecular complexity index is 1370. The number of benzene rings is 1. The summed E-state index contributed by atoms with van der Waals surface area (Å²) < 4.78 is 32.6. The molecule has 1 saturated heterocycles. The molecule has 2 aliphatic rings. The second-order valence-corrected chi connectivity index (χ2v) is 11.5. The number of nitrogens with one attached hydrogen (secondary N) is 2. The summed E-state index contributed by atoms with van der Waals surface area (Å²) in [6.07, 6.45) is 0.955. The number of aromatic nitrogens is 2. The van der Waals surface area contributed by atoms with Crippen molar-refractivity contribution in [3.63, 3.8) is 0 Å². The Morgan fingerprint density at radius 3 is 2.81 bits per heavy atom. The first-order chi connectivity index (χ1) is 17.4. The zero-order valence-corrected chi connectivity index (χ0v) is 22.1. The molecule has 37 heavy (non-hydrogen) atoms. The molecule has 1 fully saturated rings. The fourth-order valence-electron chi connectivity index (χ4n) is 5.26. The minimum Gasteiger partial charge on any atom is -0.372 e. The smallest absolute Gasteiger partial charge is 0.255 e. The summed E-state index contributed by atoms with van der Waals surface area (Å²) in [5.41, 5.74) is 1.15. The van der Waals surface area contributed by atoms with Gasteiger partial charge in [0.05, 0.1) is 53.8 Å². The molecule has 5 rings (SSSR count). The van der Waals surface area contributed by atoms with E-state index in [1.165, 1.54) is 0 Å². The number of morpholine rings is 1. The van der Waals surface area contributed by atoms with E-state index in [1.807, 2.05) is 44.7 Å². The average Bonchev–Trinajstić information content (AvgIpc) is 3.29. The molecule has 3 aromatic rings. The zero-order valence-electron chi connectivity index (χ0n) is 21.3. The first kappa shape index (κ1) is 25.8. The van der Waals surface area contributed by atoms with Gasteiger partial charge < -0.3 is 19.9 Å². The summed E-state index contributed by atoms with van der Waals surface area (Å²) in [4.78, 5) is 29.4. The summed E-state index contributed by atoms with van der Waals surface area (Å²) in [5, 5.41) is 5.35. The van der Waals surface area contributed by atoms with Crippen molar-refractivity contribution >= 4 is 50.8 Å². The largest absolute Gasteiger partial charge is 0.372 e. The minimum absolute atomic E-state index is 0.157. The number of ether oxygens (including phenoxy) is 1. The number of aliphatic imine (C=N–C) groups is 1. The number of nitrogens with zero attached hydrogens (tertiary/aromatic N) is 4. The number of alkyl halides is 2. The first-order valence-electron chi connectivity index (χ1n) is 12.3. The lowest BCUT2D eigenvalue weighted by Crippen LogP contribution is -2.60. The highest BCUT2D eigenvalue weighted by molar-refractivity contribution is 6.33. The molecule has 0 unspecified atom stereocenters. The number of carbonyl (C=O) groups is 1. The second kappa shape index (κ2) is 9.49. The van der Waals surface area contributed by atoms with Crippen LogP contribution in [0.25, 0.3) is 21.8 Å². The van der Waals surface area contributed by atoms with Crippen molar-refractivity contribution in [2.75, 3.05) is 38.1 Å². The summed E-state index contributed by atoms with van der Waals surface area (Å²) in [6.45, 7) is 8.63. The monoisotopic (exact) mass is 532 g/mol. The van der Waals surface area contributed by atoms with Gasteiger partial charge in [0.15, 0.2) is 0 Å². The third-order valence-corrected chi connectivity index (χ3v) is 6.99. The molecular weight excluding hydrogens is 502 g/mol. The van der Waals surface area contributed by atoms with Crippen LogP contribution < -0.4 is 5.32 Å². The number of anilines is 1. The molecule has 0 bridgehead atoms. The number of amidine groups is 1. The molecule has 4 heterocycles. The van der Waals surface area contributed by atoms with Crippen LogP contribution in [0.2, 0.25) is 5.02 Å². The number of carbonyl (C=O) groups excluding carboxylic acids is 1. The first-order valence-corrected chi connectivity index (χ1v) is 12.6. The van der Waals surface area contributed by atoms with Gasteiger partial charge in [0.2, 0.25) is 5.91 Å². The quantitative estimate of drug-likeness (QED) is 0.486. The number of hydrogen-bond donors (Lipinski definition) is 2. The number of aromatic amines is 1. The topological polar surface area (TPSA) is 85.9 Å². The van der Waals surface area contributed by atoms with Gasteiger partial charge in [-0.05, 0) is 45.9 Å². The van der Waals surface area contributed by atoms with Crippen LogP contribution in [0.3, 0.4) is 0 Å². The molecule has 0 aliphatic carbocycles. The van der Waals surface area contributed by atoms with Gasteiger partial charge in [-0.2, -0.15) is 0 Å². The van der Waals surface area contributed by atoms with Crippen molar-refractivity contribution in [2.45, 2.75) is 51.3 Å². The molecule has 0 saturated carbocycles. The Labute approximate surface area is 219 Å². The number of amides is 1. The van der Waals surface area contributed by atoms with Gasteiger partial charge in [-0.1, -0.05) is 11.6 Å². The van der Waals surface area contributed by atoms with Gasteiger partial charge in [0.25, 0.3) is 6.43 Å². The summed E-state index contributed by atoms with van der Waals surface area (Å²) in [7, 11) is 0. The maximum atomic E-state index is 13.6. The van der Waals surface area contributed by atoms with Crippen molar-refractivity contribution < 1.29 is 18.3 Å². The van der Waals surface area contributed by atoms with Crippen LogP contribution in [0.4, 0.5) is 14.5 Å². The van der Waals surface area contributed by atoms with Gasteiger partial charge in [0.1, 0.15) is 11.9 Å². The van der Waals surface area contributed by atoms with E-state index in [2.05, 4.69) is 15.3 Å². The van der Waals surface area contributed by atoms with E-state index in [0.29, 0.717) is 29.6 Å². The molecule has 0 radical (unpaired) electrons. The lowest BCUT2D eigenvalue weighted by molar-refractivity contribution is -0.141. The number of pyridine rings is 1. The number of hydrogen-bond acceptors (Lipinski definition) is 6. The van der Waals surface area contributed by atoms with Crippen LogP contribution in [0.1, 0.15) is 27.7 Å². The fourth-order valence-corrected chi connectivity index (χ4v) is 5.48. The predicted octanol–water partition coefficient (Wildman–Crippen LogP) is 4.55. The third kappa shape index (κ3) is 5.42. The van der Waals surface area contributed by atoms with E-state index < -0.39 is 23.6 Å². The molecular formula is C26H31ClF2N6O2. The second-order valence-electron chi connectivity index (χ2n) is 11.0. The van der Waals surface area contributed by atoms with E-state index in [1.54, 1.807) is 23.4 Å². The van der Waals surface area contributed by atoms with E-state index in [-0.39, 0.29) is 25.6 Å². The van der Waals surface area contributed by atoms with Crippen LogP contribution >= 0.6 is 11.6 Å². The van der Waals surface area contributed by atoms with Crippen LogP contribution in [0.15, 0.2) is 35.6 Å². The maximum absolute atomic E-state index is 13.6. The number of rotatable bonds is 6. The van der Waals surface area contributed by atoms with Crippen molar-refractivity contribution in [1.29, 1.82) is 0 Å². The molecule has 2 aliphatic heterocycles. The van der Waals surface area contributed by atoms with Gasteiger partial charge in [0, 0.05) is 35.1 Å². The van der Waals surface area contributed by atoms with Crippen LogP contribution in [-0.4, -0.2) is 87.9 Å². The Kier molecular flexibility index (Phi) is 6.62. The van der Waals surface area contributed by atoms with Crippen LogP contribution in [0.5, 0.6) is 0 Å². The maximum Gasteiger partial charge on any atom is 0.255 e. The fraction of sp³-hybridized carbons (Fsp3) is 0.500. The third-order valence-electron chi connectivity index (χ3n) is 6.77. The van der Waals surface area contributed by atoms with E-state index in [9.17, 15) is 13.6 Å². The predicted molar refractivity (Wildman–Crippen MR) is 142 cm³/mol. The lowest BCUT2D eigenvalue weighted by Gasteiger charge is -2.43. The Balaban J connectivity index is 1.43. The molecule has 1 aromatic carbocycles. The Morgan fingerprint density at radius 1 is 1.27 bits per heavy atom. The van der Waals surface area contributed by atoms with E-state index in [0.717, 1.165) is 21.8 Å². The number of halogens is 3. The van der Waals surface area contributed by atoms with Crippen LogP contribution in [-0.2, 0) is 9.53 Å². The zero-order chi connectivity index (χ0) is 26.5. The highest BCUT2D eigenvalue weighted by atomic mass is 35.5. The minimum atomic E-state index is -2.48. The Morgan fingerprint density at radius 2 is 2.05 bits per heavy atom. The molecule has 0 spiro atoms. The SMILES string of the molecule is CC1(C)CN(CC(F)F)C(CN2CC(C)(C)OC[C@H]2C(=O)Nc2cc(Cl)cc3c2[nH]c2cnccc23)=N1. The molecule has 2 N–H and O–H groups in total. The molecule has 2 aromatic heterocycles. The summed E-state index contributed by atoms with van der Waals surface area (Å²) >= 11 is 6.42. The van der Waals surface area contributed by atoms with Crippen molar-refractivity contribution in [3.05, 3.63) is 35.6 Å². The molecule has 8 nitrogen and oxygen atoms in total. The molecule has 11 heteroatoms. The summed E-state index contributed by atoms with van der Waals surface area (Å²) in [6, 6.07) is 4.80. The lowest BCUT2D eigenvalue weighted by atomic mass is 10.0. The van der Waals surface area contributed by atoms with Gasteiger partial charge in [-0.3, -0.25) is 19.7 Å². The van der Waals surface area contributed by atoms with Crippen molar-refractivity contribution in [3.8, 4) is 0 Å². The van der Waals surface area contributed by atoms with E-state index in [4.69, 9.17) is 21.3 Å². The molecule has 198 valence electrons. The molecule has 1 atom stereocenters. The van der Waals surface area contributed by atoms with Gasteiger partial charge in [-0.15, -0.1) is 0 Å². The van der Waals surface area contributed by atoms with Crippen LogP contribution in [0, 0.1) is 0 Å². The van der Waals surface area contributed by atoms with Crippen molar-refractivity contribution in [2.24, 2.45) is 4.99 Å². The normalized spacial score (nSPS) is 21.7. The van der Waals surface area contributed by atoms with E-state index >= 15 is 0 Å². The highest BCUT2D eigenvalue weighted by Gasteiger charge is 2.41. The Hall–Kier alpha value is -2.82.